The van der Waals surface area contributed by atoms with Crippen molar-refractivity contribution in [3.05, 3.63) is 65.2 Å². The molecule has 2 aromatic rings. The Hall–Kier alpha value is -3.99. The van der Waals surface area contributed by atoms with Crippen molar-refractivity contribution in [2.24, 2.45) is 0 Å². The van der Waals surface area contributed by atoms with Crippen LogP contribution in [0.5, 0.6) is 0 Å². The number of anilines is 1. The van der Waals surface area contributed by atoms with Crippen molar-refractivity contribution in [3.8, 4) is 6.07 Å². The molecule has 1 aliphatic rings. The summed E-state index contributed by atoms with van der Waals surface area (Å²) in [5, 5.41) is 13.8. The largest absolute Gasteiger partial charge is 0.352 e. The Morgan fingerprint density at radius 3 is 2.14 bits per heavy atom. The number of imide groups is 1. The van der Waals surface area contributed by atoms with E-state index in [4.69, 9.17) is 5.26 Å². The number of carbonyl (C=O) groups is 4. The van der Waals surface area contributed by atoms with Crippen LogP contribution in [0.4, 0.5) is 5.69 Å². The smallest absolute Gasteiger partial charge is 0.261 e. The molecule has 0 saturated heterocycles. The SMILES string of the molecule is N#CCC(=O)Nc1ccc(CNC(=O)CCN2C(=O)c3ccccc3C2=O)cc1. The van der Waals surface area contributed by atoms with Gasteiger partial charge < -0.3 is 10.6 Å². The van der Waals surface area contributed by atoms with Crippen molar-refractivity contribution >= 4 is 29.3 Å². The van der Waals surface area contributed by atoms with Gasteiger partial charge in [0.15, 0.2) is 0 Å². The first-order valence-electron chi connectivity index (χ1n) is 8.97. The van der Waals surface area contributed by atoms with Gasteiger partial charge in [-0.3, -0.25) is 24.1 Å². The second-order valence-electron chi connectivity index (χ2n) is 6.41. The van der Waals surface area contributed by atoms with Crippen molar-refractivity contribution < 1.29 is 19.2 Å². The van der Waals surface area contributed by atoms with Gasteiger partial charge in [0.1, 0.15) is 6.42 Å². The van der Waals surface area contributed by atoms with Gasteiger partial charge in [0.25, 0.3) is 11.8 Å². The molecular weight excluding hydrogens is 372 g/mol. The lowest BCUT2D eigenvalue weighted by Gasteiger charge is -2.13. The third kappa shape index (κ3) is 4.65. The summed E-state index contributed by atoms with van der Waals surface area (Å²) in [4.78, 5) is 49.1. The summed E-state index contributed by atoms with van der Waals surface area (Å²) in [6.45, 7) is 0.287. The van der Waals surface area contributed by atoms with Crippen molar-refractivity contribution in [2.45, 2.75) is 19.4 Å². The van der Waals surface area contributed by atoms with Crippen LogP contribution in [0.25, 0.3) is 0 Å². The Morgan fingerprint density at radius 1 is 0.931 bits per heavy atom. The van der Waals surface area contributed by atoms with E-state index in [0.717, 1.165) is 10.5 Å². The molecule has 1 aliphatic heterocycles. The Morgan fingerprint density at radius 2 is 1.55 bits per heavy atom. The van der Waals surface area contributed by atoms with Crippen molar-refractivity contribution in [2.75, 3.05) is 11.9 Å². The van der Waals surface area contributed by atoms with Crippen LogP contribution in [0.3, 0.4) is 0 Å². The van der Waals surface area contributed by atoms with Crippen LogP contribution in [0.1, 0.15) is 39.1 Å². The zero-order valence-electron chi connectivity index (χ0n) is 15.5. The number of benzene rings is 2. The molecule has 2 N–H and O–H groups in total. The van der Waals surface area contributed by atoms with Gasteiger partial charge in [0.2, 0.25) is 11.8 Å². The standard InChI is InChI=1S/C21H18N4O4/c22-11-9-19(27)24-15-7-5-14(6-8-15)13-23-18(26)10-12-25-20(28)16-3-1-2-4-17(16)21(25)29/h1-8H,9-10,12-13H2,(H,23,26)(H,24,27). The van der Waals surface area contributed by atoms with Crippen LogP contribution < -0.4 is 10.6 Å². The number of amides is 4. The zero-order valence-corrected chi connectivity index (χ0v) is 15.5. The molecule has 8 heteroatoms. The van der Waals surface area contributed by atoms with Gasteiger partial charge in [-0.05, 0) is 29.8 Å². The van der Waals surface area contributed by atoms with E-state index in [1.165, 1.54) is 0 Å². The first-order valence-corrected chi connectivity index (χ1v) is 8.97. The summed E-state index contributed by atoms with van der Waals surface area (Å²) in [5.41, 5.74) is 2.10. The topological polar surface area (TPSA) is 119 Å². The molecule has 2 aromatic carbocycles. The quantitative estimate of drug-likeness (QED) is 0.699. The summed E-state index contributed by atoms with van der Waals surface area (Å²) in [6, 6.07) is 15.2. The number of hydrogen-bond acceptors (Lipinski definition) is 5. The van der Waals surface area contributed by atoms with Crippen LogP contribution in [0, 0.1) is 11.3 Å². The first kappa shape index (κ1) is 19.8. The maximum atomic E-state index is 12.3. The monoisotopic (exact) mass is 390 g/mol. The van der Waals surface area contributed by atoms with Crippen molar-refractivity contribution in [1.29, 1.82) is 5.26 Å². The average Bonchev–Trinajstić information content (AvgIpc) is 2.96. The van der Waals surface area contributed by atoms with Crippen molar-refractivity contribution in [3.63, 3.8) is 0 Å². The lowest BCUT2D eigenvalue weighted by molar-refractivity contribution is -0.121. The number of nitrogens with zero attached hydrogens (tertiary/aromatic N) is 2. The number of rotatable bonds is 7. The van der Waals surface area contributed by atoms with Crippen LogP contribution in [-0.2, 0) is 16.1 Å². The Balaban J connectivity index is 1.46. The molecule has 29 heavy (non-hydrogen) atoms. The molecule has 0 aliphatic carbocycles. The van der Waals surface area contributed by atoms with Crippen LogP contribution in [-0.4, -0.2) is 35.1 Å². The fraction of sp³-hybridized carbons (Fsp3) is 0.190. The fourth-order valence-electron chi connectivity index (χ4n) is 2.93. The zero-order chi connectivity index (χ0) is 20.8. The van der Waals surface area contributed by atoms with Crippen LogP contribution in [0.2, 0.25) is 0 Å². The van der Waals surface area contributed by atoms with Crippen LogP contribution in [0.15, 0.2) is 48.5 Å². The number of nitriles is 1. The van der Waals surface area contributed by atoms with E-state index < -0.39 is 0 Å². The minimum Gasteiger partial charge on any atom is -0.352 e. The summed E-state index contributed by atoms with van der Waals surface area (Å²) in [6.07, 6.45) is -0.210. The lowest BCUT2D eigenvalue weighted by Crippen LogP contribution is -2.34. The molecule has 4 amide bonds. The Bertz CT molecular complexity index is 973. The Kier molecular flexibility index (Phi) is 6.00. The number of hydrogen-bond donors (Lipinski definition) is 2. The predicted octanol–water partition coefficient (Wildman–Crippen LogP) is 1.84. The van der Waals surface area contributed by atoms with Gasteiger partial charge in [-0.15, -0.1) is 0 Å². The van der Waals surface area contributed by atoms with E-state index in [1.54, 1.807) is 54.6 Å². The molecule has 0 atom stereocenters. The highest BCUT2D eigenvalue weighted by molar-refractivity contribution is 6.21. The normalized spacial score (nSPS) is 12.3. The van der Waals surface area contributed by atoms with E-state index in [9.17, 15) is 19.2 Å². The number of fused-ring (bicyclic) bond motifs is 1. The molecule has 3 rings (SSSR count). The Labute approximate surface area is 167 Å². The molecule has 146 valence electrons. The number of nitrogens with one attached hydrogen (secondary N) is 2. The van der Waals surface area contributed by atoms with Crippen molar-refractivity contribution in [1.82, 2.24) is 10.2 Å². The molecule has 8 nitrogen and oxygen atoms in total. The summed E-state index contributed by atoms with van der Waals surface area (Å²) in [5.74, 6) is -1.44. The molecule has 0 unspecified atom stereocenters. The average molecular weight is 390 g/mol. The molecule has 1 heterocycles. The van der Waals surface area contributed by atoms with Crippen LogP contribution >= 0.6 is 0 Å². The fourth-order valence-corrected chi connectivity index (χ4v) is 2.93. The molecular formula is C21H18N4O4. The third-order valence-corrected chi connectivity index (χ3v) is 4.41. The minimum atomic E-state index is -0.387. The summed E-state index contributed by atoms with van der Waals surface area (Å²) in [7, 11) is 0. The second kappa shape index (κ2) is 8.80. The van der Waals surface area contributed by atoms with E-state index in [2.05, 4.69) is 10.6 Å². The third-order valence-electron chi connectivity index (χ3n) is 4.41. The molecule has 0 spiro atoms. The molecule has 0 bridgehead atoms. The van der Waals surface area contributed by atoms with Gasteiger partial charge in [-0.25, -0.2) is 0 Å². The maximum Gasteiger partial charge on any atom is 0.261 e. The van der Waals surface area contributed by atoms with E-state index in [-0.39, 0.29) is 49.6 Å². The first-order chi connectivity index (χ1) is 14.0. The molecule has 0 saturated carbocycles. The number of carbonyl (C=O) groups excluding carboxylic acids is 4. The molecule has 0 radical (unpaired) electrons. The van der Waals surface area contributed by atoms with E-state index in [1.807, 2.05) is 0 Å². The maximum absolute atomic E-state index is 12.3. The van der Waals surface area contributed by atoms with E-state index in [0.29, 0.717) is 16.8 Å². The summed E-state index contributed by atoms with van der Waals surface area (Å²) >= 11 is 0. The highest BCUT2D eigenvalue weighted by atomic mass is 16.2. The van der Waals surface area contributed by atoms with Gasteiger partial charge in [0, 0.05) is 25.2 Å². The second-order valence-corrected chi connectivity index (χ2v) is 6.41. The highest BCUT2D eigenvalue weighted by Gasteiger charge is 2.34. The predicted molar refractivity (Wildman–Crippen MR) is 104 cm³/mol. The minimum absolute atomic E-state index is 0.00771. The van der Waals surface area contributed by atoms with E-state index >= 15 is 0 Å². The highest BCUT2D eigenvalue weighted by Crippen LogP contribution is 2.22. The summed E-state index contributed by atoms with van der Waals surface area (Å²) < 4.78 is 0. The molecule has 0 fully saturated rings. The van der Waals surface area contributed by atoms with Gasteiger partial charge in [-0.2, -0.15) is 5.26 Å². The molecule has 0 aromatic heterocycles. The van der Waals surface area contributed by atoms with Gasteiger partial charge >= 0.3 is 0 Å². The van der Waals surface area contributed by atoms with Gasteiger partial charge in [-0.1, -0.05) is 24.3 Å². The van der Waals surface area contributed by atoms with Gasteiger partial charge in [0.05, 0.1) is 17.2 Å². The lowest BCUT2D eigenvalue weighted by atomic mass is 10.1.